The molecule has 79 heavy (non-hydrogen) atoms. The summed E-state index contributed by atoms with van der Waals surface area (Å²) in [4.78, 5) is 40.8. The highest BCUT2D eigenvalue weighted by Gasteiger charge is 2.90. The van der Waals surface area contributed by atoms with Gasteiger partial charge in [-0.15, -0.1) is 0 Å². The topological polar surface area (TPSA) is 103 Å². The fraction of sp³-hybridized carbons (Fsp3) is 0.183. The second-order valence-electron chi connectivity index (χ2n) is 23.5. The number of rotatable bonds is 9. The molecule has 5 aliphatic carbocycles. The fourth-order valence-corrected chi connectivity index (χ4v) is 15.3. The minimum absolute atomic E-state index is 0.119. The number of nitrogens with zero attached hydrogens (tertiary/aromatic N) is 8. The predicted octanol–water partition coefficient (Wildman–Crippen LogP) is 16.1. The lowest BCUT2D eigenvalue weighted by Gasteiger charge is -2.92. The van der Waals surface area contributed by atoms with Crippen molar-refractivity contribution < 1.29 is 0 Å². The minimum atomic E-state index is -0.205. The third-order valence-electron chi connectivity index (χ3n) is 18.7. The molecule has 0 saturated heterocycles. The van der Waals surface area contributed by atoms with Gasteiger partial charge in [-0.2, -0.15) is 0 Å². The molecule has 4 fully saturated rings. The van der Waals surface area contributed by atoms with Gasteiger partial charge in [-0.05, 0) is 134 Å². The SMILES string of the molecule is CC(C)(C)c1cc(-c2nccc(-c3nc(-c4ccccc4)nc(-c4ccccc4)n3)n2)cc2c1-c1cc(-c3ccccc3)c(-c3ccc(-c4nc(-c5ccccc5)nc(-c5ccccc5)n4)cc3)cc1C21C2CC3CC4CC1C342. The first-order valence-electron chi connectivity index (χ1n) is 27.9. The molecule has 5 aliphatic rings. The Morgan fingerprint density at radius 3 is 1.24 bits per heavy atom. The molecule has 4 atom stereocenters. The first kappa shape index (κ1) is 46.0. The highest BCUT2D eigenvalue weighted by Crippen LogP contribution is 2.95. The van der Waals surface area contributed by atoms with Crippen LogP contribution in [0.3, 0.4) is 0 Å². The van der Waals surface area contributed by atoms with E-state index < -0.39 is 0 Å². The van der Waals surface area contributed by atoms with E-state index in [9.17, 15) is 0 Å². The van der Waals surface area contributed by atoms with Crippen molar-refractivity contribution in [2.45, 2.75) is 50.9 Å². The largest absolute Gasteiger partial charge is 0.237 e. The highest BCUT2D eigenvalue weighted by molar-refractivity contribution is 5.96. The summed E-state index contributed by atoms with van der Waals surface area (Å²) in [6, 6.07) is 72.6. The van der Waals surface area contributed by atoms with Gasteiger partial charge in [0.15, 0.2) is 40.8 Å². The van der Waals surface area contributed by atoms with Crippen LogP contribution in [0, 0.1) is 29.1 Å². The maximum atomic E-state index is 5.39. The summed E-state index contributed by atoms with van der Waals surface area (Å²) in [6.07, 6.45) is 5.84. The van der Waals surface area contributed by atoms with Crippen LogP contribution in [0.1, 0.15) is 56.7 Å². The molecule has 0 bridgehead atoms. The average Bonchev–Trinajstić information content (AvgIpc) is 1.62. The molecule has 0 amide bonds. The number of benzene rings is 8. The van der Waals surface area contributed by atoms with Crippen LogP contribution in [0.4, 0.5) is 0 Å². The van der Waals surface area contributed by atoms with Gasteiger partial charge in [0.25, 0.3) is 0 Å². The van der Waals surface area contributed by atoms with Crippen LogP contribution in [0.2, 0.25) is 0 Å². The van der Waals surface area contributed by atoms with E-state index in [2.05, 4.69) is 124 Å². The lowest BCUT2D eigenvalue weighted by atomic mass is 9.11. The molecule has 11 aromatic rings. The van der Waals surface area contributed by atoms with Gasteiger partial charge in [0.05, 0.1) is 0 Å². The van der Waals surface area contributed by atoms with Gasteiger partial charge in [0, 0.05) is 45.0 Å². The van der Waals surface area contributed by atoms with Crippen LogP contribution in [-0.2, 0) is 10.8 Å². The van der Waals surface area contributed by atoms with Crippen LogP contribution in [0.15, 0.2) is 212 Å². The third-order valence-corrected chi connectivity index (χ3v) is 18.7. The van der Waals surface area contributed by atoms with Crippen LogP contribution >= 0.6 is 0 Å². The van der Waals surface area contributed by atoms with Crippen molar-refractivity contribution in [1.82, 2.24) is 39.9 Å². The van der Waals surface area contributed by atoms with Gasteiger partial charge in [-0.3, -0.25) is 0 Å². The summed E-state index contributed by atoms with van der Waals surface area (Å²) in [5, 5.41) is 0. The maximum Gasteiger partial charge on any atom is 0.182 e. The Morgan fingerprint density at radius 1 is 0.354 bits per heavy atom. The first-order chi connectivity index (χ1) is 38.7. The Morgan fingerprint density at radius 2 is 0.772 bits per heavy atom. The van der Waals surface area contributed by atoms with Crippen molar-refractivity contribution in [2.24, 2.45) is 29.1 Å². The van der Waals surface area contributed by atoms with Crippen LogP contribution in [0.25, 0.3) is 113 Å². The molecule has 8 aromatic carbocycles. The fourth-order valence-electron chi connectivity index (χ4n) is 15.3. The average molecular weight is 1020 g/mol. The summed E-state index contributed by atoms with van der Waals surface area (Å²) < 4.78 is 0. The molecule has 3 heterocycles. The van der Waals surface area contributed by atoms with E-state index in [0.29, 0.717) is 63.7 Å². The molecular weight excluding hydrogens is 965 g/mol. The molecule has 3 aromatic heterocycles. The van der Waals surface area contributed by atoms with Crippen molar-refractivity contribution in [3.8, 4) is 113 Å². The van der Waals surface area contributed by atoms with Crippen molar-refractivity contribution in [1.29, 1.82) is 0 Å². The van der Waals surface area contributed by atoms with E-state index in [1.807, 2.05) is 109 Å². The first-order valence-corrected chi connectivity index (χ1v) is 27.9. The quantitative estimate of drug-likeness (QED) is 0.141. The lowest BCUT2D eigenvalue weighted by Crippen LogP contribution is -2.88. The molecular formula is C71H54N8. The van der Waals surface area contributed by atoms with E-state index in [4.69, 9.17) is 39.9 Å². The van der Waals surface area contributed by atoms with Crippen molar-refractivity contribution in [3.05, 3.63) is 229 Å². The van der Waals surface area contributed by atoms with Crippen molar-refractivity contribution in [2.75, 3.05) is 0 Å². The number of aromatic nitrogens is 8. The highest BCUT2D eigenvalue weighted by atomic mass is 15.1. The third kappa shape index (κ3) is 6.79. The number of fused-ring (bicyclic) bond motifs is 7. The normalized spacial score (nSPS) is 21.6. The zero-order chi connectivity index (χ0) is 52.6. The van der Waals surface area contributed by atoms with Gasteiger partial charge in [-0.25, -0.2) is 39.9 Å². The molecule has 2 spiro atoms. The van der Waals surface area contributed by atoms with Gasteiger partial charge in [0.2, 0.25) is 0 Å². The van der Waals surface area contributed by atoms with E-state index in [1.54, 1.807) is 0 Å². The standard InChI is InChI=1S/C71H54N8/c1-69(2,3)56-35-49(62-72-34-33-58(73-62)68-78-65(46-25-15-7-16-26-46)77-66(79-68)47-27-17-8-18-28-47)36-57-61(56)54-40-52(42-19-9-4-10-20-42)53(41-55(54)71(57)59-38-50-37-51-39-60(71)70(50,51)59)43-29-31-48(32-30-43)67-75-63(44-21-11-5-12-22-44)74-64(76-67)45-23-13-6-14-24-45/h4-36,40-41,50-51,59-60H,37-39H2,1-3H3. The molecule has 4 saturated carbocycles. The molecule has 0 radical (unpaired) electrons. The van der Waals surface area contributed by atoms with E-state index in [1.165, 1.54) is 69.3 Å². The smallest absolute Gasteiger partial charge is 0.182 e. The molecule has 8 nitrogen and oxygen atoms in total. The Bertz CT molecular complexity index is 4080. The van der Waals surface area contributed by atoms with Gasteiger partial charge in [-0.1, -0.05) is 197 Å². The number of hydrogen-bond donors (Lipinski definition) is 0. The minimum Gasteiger partial charge on any atom is -0.237 e. The van der Waals surface area contributed by atoms with Crippen LogP contribution in [-0.4, -0.2) is 39.9 Å². The summed E-state index contributed by atoms with van der Waals surface area (Å²) >= 11 is 0. The second-order valence-corrected chi connectivity index (χ2v) is 23.5. The Labute approximate surface area is 459 Å². The van der Waals surface area contributed by atoms with Crippen LogP contribution < -0.4 is 0 Å². The monoisotopic (exact) mass is 1020 g/mol. The molecule has 16 rings (SSSR count). The van der Waals surface area contributed by atoms with E-state index in [0.717, 1.165) is 45.2 Å². The molecule has 0 N–H and O–H groups in total. The summed E-state index contributed by atoms with van der Waals surface area (Å²) in [5.41, 5.74) is 18.4. The molecule has 378 valence electrons. The zero-order valence-electron chi connectivity index (χ0n) is 44.2. The van der Waals surface area contributed by atoms with E-state index in [-0.39, 0.29) is 10.8 Å². The Kier molecular flexibility index (Phi) is 10.0. The Hall–Kier alpha value is -9.14. The lowest BCUT2D eigenvalue weighted by molar-refractivity contribution is -0.412. The van der Waals surface area contributed by atoms with Gasteiger partial charge < -0.3 is 0 Å². The van der Waals surface area contributed by atoms with Crippen molar-refractivity contribution >= 4 is 0 Å². The second kappa shape index (κ2) is 17.2. The summed E-state index contributed by atoms with van der Waals surface area (Å²) in [6.45, 7) is 7.11. The molecule has 0 aliphatic heterocycles. The zero-order valence-corrected chi connectivity index (χ0v) is 44.2. The maximum absolute atomic E-state index is 5.39. The molecule has 4 unspecified atom stereocenters. The molecule has 8 heteroatoms. The van der Waals surface area contributed by atoms with Gasteiger partial charge >= 0.3 is 0 Å². The summed E-state index contributed by atoms with van der Waals surface area (Å²) in [7, 11) is 0. The Balaban J connectivity index is 0.857. The predicted molar refractivity (Wildman–Crippen MR) is 313 cm³/mol. The number of hydrogen-bond acceptors (Lipinski definition) is 8. The van der Waals surface area contributed by atoms with Crippen molar-refractivity contribution in [3.63, 3.8) is 0 Å². The van der Waals surface area contributed by atoms with Crippen LogP contribution in [0.5, 0.6) is 0 Å². The summed E-state index contributed by atoms with van der Waals surface area (Å²) in [5.74, 6) is 7.23. The van der Waals surface area contributed by atoms with Gasteiger partial charge in [0.1, 0.15) is 5.69 Å². The van der Waals surface area contributed by atoms with E-state index >= 15 is 0 Å².